The zero-order valence-electron chi connectivity index (χ0n) is 6.34. The Morgan fingerprint density at radius 3 is 3.00 bits per heavy atom. The molecule has 1 aromatic heterocycles. The molecule has 2 aromatic rings. The topological polar surface area (TPSA) is 45.8 Å². The van der Waals surface area contributed by atoms with Gasteiger partial charge in [-0.1, -0.05) is 12.1 Å². The minimum Gasteiger partial charge on any atom is -0.274 e. The van der Waals surface area contributed by atoms with Crippen molar-refractivity contribution in [2.24, 2.45) is 0 Å². The van der Waals surface area contributed by atoms with Crippen LogP contribution < -0.4 is 0 Å². The summed E-state index contributed by atoms with van der Waals surface area (Å²) in [6, 6.07) is 5.47. The van der Waals surface area contributed by atoms with Crippen molar-refractivity contribution in [3.05, 3.63) is 28.4 Å². The summed E-state index contributed by atoms with van der Waals surface area (Å²) in [5.74, 6) is 0. The first-order chi connectivity index (χ1) is 6.20. The van der Waals surface area contributed by atoms with E-state index in [2.05, 4.69) is 26.1 Å². The number of hydrogen-bond donors (Lipinski definition) is 1. The molecule has 0 bridgehead atoms. The van der Waals surface area contributed by atoms with E-state index in [-0.39, 0.29) is 0 Å². The lowest BCUT2D eigenvalue weighted by atomic mass is 10.2. The summed E-state index contributed by atoms with van der Waals surface area (Å²) in [5.41, 5.74) is 1.05. The lowest BCUT2D eigenvalue weighted by Gasteiger charge is -1.91. The van der Waals surface area contributed by atoms with Crippen LogP contribution in [-0.4, -0.2) is 15.4 Å². The molecular weight excluding hydrogens is 255 g/mol. The van der Waals surface area contributed by atoms with Gasteiger partial charge in [0, 0.05) is 9.86 Å². The van der Waals surface area contributed by atoms with Crippen LogP contribution in [0.3, 0.4) is 0 Å². The van der Waals surface area contributed by atoms with E-state index in [1.54, 1.807) is 6.07 Å². The van der Waals surface area contributed by atoms with Crippen LogP contribution in [0.5, 0.6) is 0 Å². The molecule has 0 saturated heterocycles. The van der Waals surface area contributed by atoms with Crippen molar-refractivity contribution in [1.82, 2.24) is 10.2 Å². The molecule has 3 nitrogen and oxygen atoms in total. The van der Waals surface area contributed by atoms with E-state index in [1.807, 2.05) is 12.1 Å². The predicted molar refractivity (Wildman–Crippen MR) is 54.0 cm³/mol. The number of fused-ring (bicyclic) bond motifs is 1. The molecule has 0 saturated carbocycles. The Kier molecular flexibility index (Phi) is 2.09. The fraction of sp³-hybridized carbons (Fsp3) is 0. The summed E-state index contributed by atoms with van der Waals surface area (Å²) in [6.45, 7) is 0. The first-order valence-corrected chi connectivity index (χ1v) is 4.69. The van der Waals surface area contributed by atoms with Crippen molar-refractivity contribution >= 4 is 43.7 Å². The molecule has 1 aromatic carbocycles. The van der Waals surface area contributed by atoms with Gasteiger partial charge in [-0.3, -0.25) is 9.89 Å². The van der Waals surface area contributed by atoms with Crippen molar-refractivity contribution in [3.63, 3.8) is 0 Å². The zero-order valence-corrected chi connectivity index (χ0v) is 8.69. The van der Waals surface area contributed by atoms with Gasteiger partial charge in [0.15, 0.2) is 0 Å². The molecule has 0 amide bonds. The second-order valence-corrected chi connectivity index (χ2v) is 3.71. The average molecular weight is 259 g/mol. The maximum absolute atomic E-state index is 10.9. The molecule has 0 aliphatic rings. The minimum atomic E-state index is -0.527. The van der Waals surface area contributed by atoms with Crippen LogP contribution in [0.1, 0.15) is 10.5 Å². The van der Waals surface area contributed by atoms with Gasteiger partial charge in [0.05, 0.1) is 0 Å². The summed E-state index contributed by atoms with van der Waals surface area (Å²) < 4.78 is 0.838. The van der Waals surface area contributed by atoms with Crippen molar-refractivity contribution in [2.75, 3.05) is 0 Å². The third-order valence-corrected chi connectivity index (χ3v) is 2.56. The number of aromatic nitrogens is 2. The quantitative estimate of drug-likeness (QED) is 0.800. The molecule has 2 rings (SSSR count). The van der Waals surface area contributed by atoms with Gasteiger partial charge in [-0.2, -0.15) is 5.10 Å². The number of nitrogens with one attached hydrogen (secondary N) is 1. The molecule has 0 unspecified atom stereocenters. The largest absolute Gasteiger partial charge is 0.274 e. The van der Waals surface area contributed by atoms with E-state index in [4.69, 9.17) is 11.6 Å². The summed E-state index contributed by atoms with van der Waals surface area (Å²) >= 11 is 8.67. The number of H-pyrrole nitrogens is 1. The molecule has 13 heavy (non-hydrogen) atoms. The summed E-state index contributed by atoms with van der Waals surface area (Å²) in [6.07, 6.45) is 0. The van der Waals surface area contributed by atoms with E-state index in [0.717, 1.165) is 9.86 Å². The minimum absolute atomic E-state index is 0.331. The average Bonchev–Trinajstić information content (AvgIpc) is 2.48. The second kappa shape index (κ2) is 3.12. The maximum atomic E-state index is 10.9. The predicted octanol–water partition coefficient (Wildman–Crippen LogP) is 2.70. The molecule has 66 valence electrons. The molecule has 0 atom stereocenters. The summed E-state index contributed by atoms with van der Waals surface area (Å²) in [4.78, 5) is 10.9. The van der Waals surface area contributed by atoms with Crippen LogP contribution >= 0.6 is 27.5 Å². The molecule has 0 aliphatic heterocycles. The molecular formula is C8H4BrClN2O. The lowest BCUT2D eigenvalue weighted by molar-refractivity contribution is 0.107. The van der Waals surface area contributed by atoms with Crippen molar-refractivity contribution in [1.29, 1.82) is 0 Å². The highest BCUT2D eigenvalue weighted by Gasteiger charge is 2.11. The van der Waals surface area contributed by atoms with Gasteiger partial charge >= 0.3 is 0 Å². The molecule has 0 radical (unpaired) electrons. The molecule has 1 N–H and O–H groups in total. The zero-order chi connectivity index (χ0) is 9.42. The van der Waals surface area contributed by atoms with E-state index in [1.165, 1.54) is 0 Å². The first kappa shape index (κ1) is 8.72. The number of para-hydroxylation sites is 1. The number of benzene rings is 1. The van der Waals surface area contributed by atoms with Crippen LogP contribution in [-0.2, 0) is 0 Å². The van der Waals surface area contributed by atoms with Crippen molar-refractivity contribution in [2.45, 2.75) is 0 Å². The van der Waals surface area contributed by atoms with Gasteiger partial charge in [-0.25, -0.2) is 0 Å². The highest BCUT2D eigenvalue weighted by Crippen LogP contribution is 2.24. The third-order valence-electron chi connectivity index (χ3n) is 1.73. The molecule has 0 aliphatic carbocycles. The highest BCUT2D eigenvalue weighted by atomic mass is 79.9. The number of rotatable bonds is 1. The van der Waals surface area contributed by atoms with Gasteiger partial charge in [0.1, 0.15) is 11.2 Å². The Hall–Kier alpha value is -0.870. The van der Waals surface area contributed by atoms with Crippen LogP contribution in [0.25, 0.3) is 10.9 Å². The molecule has 0 fully saturated rings. The standard InChI is InChI=1S/C8H4BrClN2O/c9-5-3-1-2-4-6(5)11-12-7(4)8(10)13/h1-3H,(H,11,12). The number of carbonyl (C=O) groups is 1. The fourth-order valence-electron chi connectivity index (χ4n) is 1.15. The van der Waals surface area contributed by atoms with Crippen molar-refractivity contribution in [3.8, 4) is 0 Å². The van der Waals surface area contributed by atoms with Gasteiger partial charge in [0.2, 0.25) is 0 Å². The first-order valence-electron chi connectivity index (χ1n) is 3.52. The molecule has 0 spiro atoms. The number of halogens is 2. The van der Waals surface area contributed by atoms with E-state index in [9.17, 15) is 4.79 Å². The normalized spacial score (nSPS) is 10.6. The van der Waals surface area contributed by atoms with Crippen molar-refractivity contribution < 1.29 is 4.79 Å². The van der Waals surface area contributed by atoms with Crippen LogP contribution in [0.2, 0.25) is 0 Å². The van der Waals surface area contributed by atoms with Gasteiger partial charge in [0.25, 0.3) is 5.24 Å². The Balaban J connectivity index is 2.83. The Morgan fingerprint density at radius 2 is 2.31 bits per heavy atom. The molecule has 1 heterocycles. The smallest absolute Gasteiger partial charge is 0.270 e. The van der Waals surface area contributed by atoms with Crippen LogP contribution in [0.4, 0.5) is 0 Å². The van der Waals surface area contributed by atoms with Gasteiger partial charge in [-0.15, -0.1) is 0 Å². The lowest BCUT2D eigenvalue weighted by Crippen LogP contribution is -1.88. The SMILES string of the molecule is O=C(Cl)c1[nH]nc2c(Br)cccc12. The summed E-state index contributed by atoms with van der Waals surface area (Å²) in [5, 5.41) is 6.76. The third kappa shape index (κ3) is 1.36. The van der Waals surface area contributed by atoms with Gasteiger partial charge in [-0.05, 0) is 33.6 Å². The number of nitrogens with zero attached hydrogens (tertiary/aromatic N) is 1. The Morgan fingerprint density at radius 1 is 1.54 bits per heavy atom. The van der Waals surface area contributed by atoms with Gasteiger partial charge < -0.3 is 0 Å². The number of aromatic amines is 1. The number of hydrogen-bond acceptors (Lipinski definition) is 2. The molecule has 5 heteroatoms. The monoisotopic (exact) mass is 258 g/mol. The van der Waals surface area contributed by atoms with Crippen LogP contribution in [0.15, 0.2) is 22.7 Å². The Bertz CT molecular complexity index is 480. The van der Waals surface area contributed by atoms with E-state index < -0.39 is 5.24 Å². The summed E-state index contributed by atoms with van der Waals surface area (Å²) in [7, 11) is 0. The Labute approximate surface area is 87.2 Å². The fourth-order valence-corrected chi connectivity index (χ4v) is 1.75. The highest BCUT2D eigenvalue weighted by molar-refractivity contribution is 9.10. The van der Waals surface area contributed by atoms with E-state index in [0.29, 0.717) is 11.2 Å². The second-order valence-electron chi connectivity index (χ2n) is 2.51. The number of carbonyl (C=O) groups excluding carboxylic acids is 1. The van der Waals surface area contributed by atoms with Crippen LogP contribution in [0, 0.1) is 0 Å². The van der Waals surface area contributed by atoms with E-state index >= 15 is 0 Å². The maximum Gasteiger partial charge on any atom is 0.270 e.